The van der Waals surface area contributed by atoms with Crippen LogP contribution in [0.2, 0.25) is 0 Å². The number of carboxylic acid groups (broad SMARTS) is 1. The van der Waals surface area contributed by atoms with Gasteiger partial charge in [-0.1, -0.05) is 74.5 Å². The molecule has 0 spiro atoms. The van der Waals surface area contributed by atoms with Gasteiger partial charge in [0.1, 0.15) is 17.1 Å². The lowest BCUT2D eigenvalue weighted by atomic mass is 9.84. The van der Waals surface area contributed by atoms with E-state index in [0.29, 0.717) is 5.56 Å². The average Bonchev–Trinajstić information content (AvgIpc) is 2.69. The van der Waals surface area contributed by atoms with Gasteiger partial charge in [-0.3, -0.25) is 0 Å². The fourth-order valence-corrected chi connectivity index (χ4v) is 3.51. The van der Waals surface area contributed by atoms with Gasteiger partial charge in [0.2, 0.25) is 0 Å². The van der Waals surface area contributed by atoms with E-state index in [1.54, 1.807) is 0 Å². The van der Waals surface area contributed by atoms with Gasteiger partial charge in [0.15, 0.2) is 0 Å². The molecule has 0 aliphatic heterocycles. The molecule has 0 aromatic heterocycles. The number of carbonyl (C=O) groups is 1. The Bertz CT molecular complexity index is 949. The minimum atomic E-state index is -1.26. The number of phenolic OH excluding ortho intramolecular Hbond substituents is 1. The SMILES string of the molecule is CC(c1ccccc1)c1cc(O)c(C(C)c2ccccc2)c(C(=O)O)c1O. The van der Waals surface area contributed by atoms with Crippen molar-refractivity contribution in [1.29, 1.82) is 0 Å². The summed E-state index contributed by atoms with van der Waals surface area (Å²) in [7, 11) is 0. The first-order chi connectivity index (χ1) is 12.9. The van der Waals surface area contributed by atoms with Crippen LogP contribution in [0.25, 0.3) is 0 Å². The lowest BCUT2D eigenvalue weighted by molar-refractivity contribution is 0.0691. The summed E-state index contributed by atoms with van der Waals surface area (Å²) in [5.41, 5.74) is 2.14. The van der Waals surface area contributed by atoms with Gasteiger partial charge in [0.25, 0.3) is 0 Å². The maximum atomic E-state index is 12.0. The molecule has 27 heavy (non-hydrogen) atoms. The van der Waals surface area contributed by atoms with Gasteiger partial charge in [-0.2, -0.15) is 0 Å². The third-order valence-corrected chi connectivity index (χ3v) is 5.06. The van der Waals surface area contributed by atoms with Crippen molar-refractivity contribution < 1.29 is 20.1 Å². The van der Waals surface area contributed by atoms with Gasteiger partial charge < -0.3 is 15.3 Å². The van der Waals surface area contributed by atoms with E-state index in [1.165, 1.54) is 6.07 Å². The van der Waals surface area contributed by atoms with Gasteiger partial charge in [-0.25, -0.2) is 4.79 Å². The number of benzene rings is 3. The molecule has 0 amide bonds. The van der Waals surface area contributed by atoms with E-state index in [2.05, 4.69) is 0 Å². The topological polar surface area (TPSA) is 77.8 Å². The van der Waals surface area contributed by atoms with Gasteiger partial charge in [0.05, 0.1) is 0 Å². The summed E-state index contributed by atoms with van der Waals surface area (Å²) in [6.45, 7) is 3.69. The van der Waals surface area contributed by atoms with Crippen LogP contribution in [0, 0.1) is 0 Å². The molecule has 0 aliphatic carbocycles. The van der Waals surface area contributed by atoms with Crippen molar-refractivity contribution in [2.24, 2.45) is 0 Å². The number of rotatable bonds is 5. The molecule has 0 heterocycles. The van der Waals surface area contributed by atoms with Crippen molar-refractivity contribution in [2.45, 2.75) is 25.7 Å². The minimum absolute atomic E-state index is 0.126. The molecular formula is C23H22O4. The highest BCUT2D eigenvalue weighted by Gasteiger charge is 2.28. The molecule has 4 nitrogen and oxygen atoms in total. The maximum Gasteiger partial charge on any atom is 0.339 e. The van der Waals surface area contributed by atoms with E-state index in [4.69, 9.17) is 0 Å². The second-order valence-electron chi connectivity index (χ2n) is 6.69. The standard InChI is InChI=1S/C23H22O4/c1-14(16-9-5-3-6-10-16)18-13-19(24)20(21(22(18)25)23(26)27)15(2)17-11-7-4-8-12-17/h3-15,24-25H,1-2H3,(H,26,27). The molecule has 3 N–H and O–H groups in total. The van der Waals surface area contributed by atoms with Crippen LogP contribution in [0.5, 0.6) is 11.5 Å². The van der Waals surface area contributed by atoms with Crippen LogP contribution in [0.15, 0.2) is 66.7 Å². The highest BCUT2D eigenvalue weighted by Crippen LogP contribution is 2.43. The summed E-state index contributed by atoms with van der Waals surface area (Å²) in [4.78, 5) is 12.0. The van der Waals surface area contributed by atoms with Crippen LogP contribution in [0.1, 0.15) is 58.3 Å². The summed E-state index contributed by atoms with van der Waals surface area (Å²) in [6, 6.07) is 20.3. The highest BCUT2D eigenvalue weighted by atomic mass is 16.4. The zero-order valence-electron chi connectivity index (χ0n) is 15.3. The van der Waals surface area contributed by atoms with Crippen LogP contribution < -0.4 is 0 Å². The first-order valence-electron chi connectivity index (χ1n) is 8.83. The average molecular weight is 362 g/mol. The molecule has 3 rings (SSSR count). The third kappa shape index (κ3) is 3.51. The van der Waals surface area contributed by atoms with Crippen LogP contribution in [-0.4, -0.2) is 21.3 Å². The Balaban J connectivity index is 2.17. The summed E-state index contributed by atoms with van der Waals surface area (Å²) in [6.07, 6.45) is 0. The molecule has 0 aliphatic rings. The first kappa shape index (κ1) is 18.5. The van der Waals surface area contributed by atoms with Crippen molar-refractivity contribution in [1.82, 2.24) is 0 Å². The van der Waals surface area contributed by atoms with E-state index < -0.39 is 5.97 Å². The van der Waals surface area contributed by atoms with Crippen molar-refractivity contribution in [3.05, 3.63) is 94.5 Å². The van der Waals surface area contributed by atoms with Crippen LogP contribution in [0.3, 0.4) is 0 Å². The van der Waals surface area contributed by atoms with E-state index in [0.717, 1.165) is 11.1 Å². The quantitative estimate of drug-likeness (QED) is 0.552. The molecule has 2 atom stereocenters. The third-order valence-electron chi connectivity index (χ3n) is 5.06. The van der Waals surface area contributed by atoms with E-state index >= 15 is 0 Å². The molecule has 4 heteroatoms. The molecule has 0 saturated heterocycles. The summed E-state index contributed by atoms with van der Waals surface area (Å²) >= 11 is 0. The Morgan fingerprint density at radius 3 is 1.78 bits per heavy atom. The van der Waals surface area contributed by atoms with Crippen LogP contribution in [0.4, 0.5) is 0 Å². The van der Waals surface area contributed by atoms with Crippen LogP contribution >= 0.6 is 0 Å². The fraction of sp³-hybridized carbons (Fsp3) is 0.174. The second-order valence-corrected chi connectivity index (χ2v) is 6.69. The van der Waals surface area contributed by atoms with Gasteiger partial charge >= 0.3 is 5.97 Å². The first-order valence-corrected chi connectivity index (χ1v) is 8.83. The molecular weight excluding hydrogens is 340 g/mol. The number of hydrogen-bond donors (Lipinski definition) is 3. The van der Waals surface area contributed by atoms with E-state index in [-0.39, 0.29) is 34.5 Å². The van der Waals surface area contributed by atoms with Crippen LogP contribution in [-0.2, 0) is 0 Å². The summed E-state index contributed by atoms with van der Waals surface area (Å²) in [5, 5.41) is 31.3. The predicted molar refractivity (Wildman–Crippen MR) is 105 cm³/mol. The molecule has 3 aromatic carbocycles. The molecule has 0 fully saturated rings. The van der Waals surface area contributed by atoms with Crippen molar-refractivity contribution in [3.8, 4) is 11.5 Å². The number of phenols is 2. The fourth-order valence-electron chi connectivity index (χ4n) is 3.51. The Kier molecular flexibility index (Phi) is 5.17. The number of aromatic carboxylic acids is 1. The minimum Gasteiger partial charge on any atom is -0.508 e. The van der Waals surface area contributed by atoms with Gasteiger partial charge in [0, 0.05) is 23.0 Å². The molecule has 0 radical (unpaired) electrons. The molecule has 0 saturated carbocycles. The van der Waals surface area contributed by atoms with Crippen molar-refractivity contribution in [2.75, 3.05) is 0 Å². The van der Waals surface area contributed by atoms with E-state index in [9.17, 15) is 20.1 Å². The molecule has 2 unspecified atom stereocenters. The number of aromatic hydroxyl groups is 2. The summed E-state index contributed by atoms with van der Waals surface area (Å²) in [5.74, 6) is -2.34. The monoisotopic (exact) mass is 362 g/mol. The maximum absolute atomic E-state index is 12.0. The lowest BCUT2D eigenvalue weighted by Gasteiger charge is -2.22. The second kappa shape index (κ2) is 7.54. The highest BCUT2D eigenvalue weighted by molar-refractivity contribution is 5.94. The summed E-state index contributed by atoms with van der Waals surface area (Å²) < 4.78 is 0. The van der Waals surface area contributed by atoms with E-state index in [1.807, 2.05) is 74.5 Å². The molecule has 3 aromatic rings. The van der Waals surface area contributed by atoms with Crippen molar-refractivity contribution >= 4 is 5.97 Å². The lowest BCUT2D eigenvalue weighted by Crippen LogP contribution is -2.10. The Morgan fingerprint density at radius 1 is 0.815 bits per heavy atom. The smallest absolute Gasteiger partial charge is 0.339 e. The zero-order valence-corrected chi connectivity index (χ0v) is 15.3. The number of hydrogen-bond acceptors (Lipinski definition) is 3. The van der Waals surface area contributed by atoms with Crippen molar-refractivity contribution in [3.63, 3.8) is 0 Å². The Morgan fingerprint density at radius 2 is 1.30 bits per heavy atom. The Labute approximate surface area is 158 Å². The normalized spacial score (nSPS) is 13.1. The molecule has 138 valence electrons. The predicted octanol–water partition coefficient (Wildman–Crippen LogP) is 5.10. The number of carboxylic acids is 1. The Hall–Kier alpha value is -3.27. The van der Waals surface area contributed by atoms with Gasteiger partial charge in [-0.05, 0) is 17.2 Å². The zero-order chi connectivity index (χ0) is 19.6. The largest absolute Gasteiger partial charge is 0.508 e. The molecule has 0 bridgehead atoms. The van der Waals surface area contributed by atoms with Gasteiger partial charge in [-0.15, -0.1) is 0 Å².